The molecule has 2 saturated heterocycles. The first kappa shape index (κ1) is 38.0. The highest BCUT2D eigenvalue weighted by molar-refractivity contribution is 7.99. The van der Waals surface area contributed by atoms with Gasteiger partial charge in [-0.05, 0) is 75.4 Å². The second kappa shape index (κ2) is 16.6. The number of thioether (sulfide) groups is 1. The van der Waals surface area contributed by atoms with Crippen LogP contribution in [-0.4, -0.2) is 77.8 Å². The molecule has 0 aliphatic carbocycles. The highest BCUT2D eigenvalue weighted by atomic mass is 32.2. The number of amides is 2. The molecule has 7 rings (SSSR count). The van der Waals surface area contributed by atoms with Crippen molar-refractivity contribution in [1.29, 1.82) is 0 Å². The quantitative estimate of drug-likeness (QED) is 0.136. The summed E-state index contributed by atoms with van der Waals surface area (Å²) in [5.41, 5.74) is 5.59. The number of alkyl halides is 3. The number of phenols is 1. The van der Waals surface area contributed by atoms with E-state index in [1.165, 1.54) is 11.8 Å². The number of phenolic OH excluding ortho intramolecular Hbond substituents is 1. The van der Waals surface area contributed by atoms with E-state index in [1.54, 1.807) is 28.9 Å². The fourth-order valence-electron chi connectivity index (χ4n) is 6.74. The lowest BCUT2D eigenvalue weighted by Gasteiger charge is -2.36. The van der Waals surface area contributed by atoms with Gasteiger partial charge in [0.05, 0.1) is 24.5 Å². The molecular formula is C39H37F3N6O6S. The Kier molecular flexibility index (Phi) is 11.5. The zero-order chi connectivity index (χ0) is 38.5. The number of aliphatic hydroxyl groups is 1. The largest absolute Gasteiger partial charge is 0.508 e. The van der Waals surface area contributed by atoms with Gasteiger partial charge in [-0.25, -0.2) is 0 Å². The molecule has 4 aromatic carbocycles. The van der Waals surface area contributed by atoms with Crippen LogP contribution in [0.4, 0.5) is 13.2 Å². The SMILES string of the molecule is O=C(NCc1ccccc1-c1ccc([C@H]2O[C@@H](CSc3nnnn3-c3ccc(O)cc3)C[C@@H](c3ccc(CO)cc3)O2)cc1)[C@@H]1CCCN1C(=O)C(F)(F)F. The van der Waals surface area contributed by atoms with E-state index in [-0.39, 0.29) is 44.1 Å². The van der Waals surface area contributed by atoms with Gasteiger partial charge in [0.15, 0.2) is 6.29 Å². The summed E-state index contributed by atoms with van der Waals surface area (Å²) in [4.78, 5) is 25.5. The van der Waals surface area contributed by atoms with Crippen molar-refractivity contribution in [1.82, 2.24) is 30.4 Å². The summed E-state index contributed by atoms with van der Waals surface area (Å²) in [6.45, 7) is -0.135. The fourth-order valence-corrected chi connectivity index (χ4v) is 7.64. The number of nitrogens with one attached hydrogen (secondary N) is 1. The number of carbonyl (C=O) groups excluding carboxylic acids is 2. The lowest BCUT2D eigenvalue weighted by atomic mass is 9.97. The first-order valence-electron chi connectivity index (χ1n) is 17.6. The van der Waals surface area contributed by atoms with E-state index in [2.05, 4.69) is 20.8 Å². The molecule has 5 aromatic rings. The Balaban J connectivity index is 1.06. The monoisotopic (exact) mass is 774 g/mol. The number of ether oxygens (including phenoxy) is 2. The first-order chi connectivity index (χ1) is 26.6. The number of nitrogens with zero attached hydrogens (tertiary/aromatic N) is 5. The minimum absolute atomic E-state index is 0.0578. The molecule has 0 radical (unpaired) electrons. The molecule has 2 amide bonds. The number of likely N-dealkylation sites (tertiary alicyclic amines) is 1. The van der Waals surface area contributed by atoms with Crippen LogP contribution in [0.25, 0.3) is 16.8 Å². The molecule has 2 aliphatic heterocycles. The molecular weight excluding hydrogens is 738 g/mol. The van der Waals surface area contributed by atoms with Gasteiger partial charge in [-0.2, -0.15) is 17.9 Å². The molecule has 12 nitrogen and oxygen atoms in total. The van der Waals surface area contributed by atoms with Crippen molar-refractivity contribution in [2.24, 2.45) is 0 Å². The number of tetrazole rings is 1. The summed E-state index contributed by atoms with van der Waals surface area (Å²) in [5.74, 6) is -1.99. The summed E-state index contributed by atoms with van der Waals surface area (Å²) in [5, 5.41) is 34.7. The predicted octanol–water partition coefficient (Wildman–Crippen LogP) is 6.03. The highest BCUT2D eigenvalue weighted by Gasteiger charge is 2.47. The zero-order valence-corrected chi connectivity index (χ0v) is 30.1. The van der Waals surface area contributed by atoms with Crippen LogP contribution in [0.5, 0.6) is 5.75 Å². The fraction of sp³-hybridized carbons (Fsp3) is 0.308. The Morgan fingerprint density at radius 3 is 2.38 bits per heavy atom. The van der Waals surface area contributed by atoms with Gasteiger partial charge in [-0.1, -0.05) is 84.6 Å². The summed E-state index contributed by atoms with van der Waals surface area (Å²) in [6.07, 6.45) is -5.35. The Morgan fingerprint density at radius 2 is 1.65 bits per heavy atom. The van der Waals surface area contributed by atoms with Crippen LogP contribution in [0.1, 0.15) is 53.9 Å². The molecule has 0 saturated carbocycles. The highest BCUT2D eigenvalue weighted by Crippen LogP contribution is 2.40. The Labute approximate surface area is 318 Å². The molecule has 2 fully saturated rings. The van der Waals surface area contributed by atoms with Gasteiger partial charge >= 0.3 is 12.1 Å². The third-order valence-electron chi connectivity index (χ3n) is 9.57. The predicted molar refractivity (Wildman–Crippen MR) is 194 cm³/mol. The lowest BCUT2D eigenvalue weighted by Crippen LogP contribution is -2.50. The maximum atomic E-state index is 13.1. The van der Waals surface area contributed by atoms with Gasteiger partial charge in [0, 0.05) is 30.8 Å². The molecule has 0 bridgehead atoms. The van der Waals surface area contributed by atoms with Gasteiger partial charge in [0.25, 0.3) is 0 Å². The third kappa shape index (κ3) is 8.83. The van der Waals surface area contributed by atoms with Crippen LogP contribution < -0.4 is 5.32 Å². The maximum absolute atomic E-state index is 13.1. The van der Waals surface area contributed by atoms with Crippen molar-refractivity contribution in [3.05, 3.63) is 119 Å². The standard InChI is InChI=1S/C39H37F3N6O6S/c40-39(41,42)37(52)47-19-3-6-33(47)35(51)43-21-28-4-1-2-5-32(28)25-11-13-27(14-12-25)36-53-31(20-34(54-36)26-9-7-24(22-49)8-10-26)23-55-38-44-45-46-48(38)29-15-17-30(50)18-16-29/h1-2,4-5,7-18,31,33-34,36,49-50H,3,6,19-23H2,(H,43,51)/t31-,33+,34+,36+/m1/s1. The Bertz CT molecular complexity index is 2100. The van der Waals surface area contributed by atoms with Crippen molar-refractivity contribution in [3.8, 4) is 22.6 Å². The number of hydrogen-bond donors (Lipinski definition) is 3. The zero-order valence-electron chi connectivity index (χ0n) is 29.3. The van der Waals surface area contributed by atoms with E-state index in [1.807, 2.05) is 72.8 Å². The van der Waals surface area contributed by atoms with E-state index < -0.39 is 30.3 Å². The Morgan fingerprint density at radius 1 is 0.927 bits per heavy atom. The van der Waals surface area contributed by atoms with Crippen molar-refractivity contribution in [3.63, 3.8) is 0 Å². The number of rotatable bonds is 11. The van der Waals surface area contributed by atoms with E-state index in [0.717, 1.165) is 33.4 Å². The van der Waals surface area contributed by atoms with E-state index >= 15 is 0 Å². The maximum Gasteiger partial charge on any atom is 0.471 e. The first-order valence-corrected chi connectivity index (χ1v) is 18.6. The number of aliphatic hydroxyl groups excluding tert-OH is 1. The average Bonchev–Trinajstić information content (AvgIpc) is 3.90. The van der Waals surface area contributed by atoms with Crippen molar-refractivity contribution in [2.75, 3.05) is 12.3 Å². The van der Waals surface area contributed by atoms with Crippen molar-refractivity contribution in [2.45, 2.75) is 68.3 Å². The normalized spacial score (nSPS) is 20.0. The third-order valence-corrected chi connectivity index (χ3v) is 10.6. The van der Waals surface area contributed by atoms with Crippen molar-refractivity contribution < 1.29 is 42.4 Å². The average molecular weight is 775 g/mol. The molecule has 3 N–H and O–H groups in total. The second-order valence-corrected chi connectivity index (χ2v) is 14.2. The Hall–Kier alpha value is -5.29. The summed E-state index contributed by atoms with van der Waals surface area (Å²) in [7, 11) is 0. The number of halogens is 3. The number of carbonyl (C=O) groups is 2. The molecule has 1 aromatic heterocycles. The lowest BCUT2D eigenvalue weighted by molar-refractivity contribution is -0.245. The topological polar surface area (TPSA) is 152 Å². The molecule has 286 valence electrons. The number of hydrogen-bond acceptors (Lipinski definition) is 10. The van der Waals surface area contributed by atoms with E-state index in [9.17, 15) is 33.0 Å². The minimum atomic E-state index is -5.04. The summed E-state index contributed by atoms with van der Waals surface area (Å²) in [6, 6.07) is 28.0. The molecule has 0 spiro atoms. The summed E-state index contributed by atoms with van der Waals surface area (Å²) < 4.78 is 54.0. The van der Waals surface area contributed by atoms with Gasteiger partial charge < -0.3 is 29.9 Å². The van der Waals surface area contributed by atoms with E-state index in [4.69, 9.17) is 9.47 Å². The van der Waals surface area contributed by atoms with Crippen LogP contribution >= 0.6 is 11.8 Å². The smallest absolute Gasteiger partial charge is 0.471 e. The second-order valence-electron chi connectivity index (χ2n) is 13.2. The van der Waals surface area contributed by atoms with Crippen LogP contribution in [0.3, 0.4) is 0 Å². The van der Waals surface area contributed by atoms with Crippen LogP contribution in [-0.2, 0) is 32.2 Å². The van der Waals surface area contributed by atoms with Crippen LogP contribution in [0.2, 0.25) is 0 Å². The van der Waals surface area contributed by atoms with Gasteiger partial charge in [-0.3, -0.25) is 9.59 Å². The van der Waals surface area contributed by atoms with Crippen molar-refractivity contribution >= 4 is 23.6 Å². The van der Waals surface area contributed by atoms with Gasteiger partial charge in [-0.15, -0.1) is 5.10 Å². The van der Waals surface area contributed by atoms with Gasteiger partial charge in [0.2, 0.25) is 11.1 Å². The molecule has 4 atom stereocenters. The minimum Gasteiger partial charge on any atom is -0.508 e. The van der Waals surface area contributed by atoms with E-state index in [0.29, 0.717) is 34.3 Å². The molecule has 2 aliphatic rings. The molecule has 55 heavy (non-hydrogen) atoms. The van der Waals surface area contributed by atoms with Crippen LogP contribution in [0, 0.1) is 0 Å². The number of aromatic nitrogens is 4. The molecule has 3 heterocycles. The number of benzene rings is 4. The number of aromatic hydroxyl groups is 1. The summed E-state index contributed by atoms with van der Waals surface area (Å²) >= 11 is 1.43. The molecule has 16 heteroatoms. The van der Waals surface area contributed by atoms with Crippen LogP contribution in [0.15, 0.2) is 102 Å². The molecule has 0 unspecified atom stereocenters. The van der Waals surface area contributed by atoms with Gasteiger partial charge in [0.1, 0.15) is 11.8 Å².